The SMILES string of the molecule is CNc1ccccc1N(C)C(=O)c1ccc(NC(C)=O)cc1. The Bertz CT molecular complexity index is 681. The van der Waals surface area contributed by atoms with Crippen molar-refractivity contribution < 1.29 is 9.59 Å². The van der Waals surface area contributed by atoms with Crippen LogP contribution < -0.4 is 15.5 Å². The van der Waals surface area contributed by atoms with Crippen LogP contribution in [0.25, 0.3) is 0 Å². The average Bonchev–Trinajstić information content (AvgIpc) is 2.53. The van der Waals surface area contributed by atoms with E-state index in [9.17, 15) is 9.59 Å². The first-order chi connectivity index (χ1) is 10.5. The van der Waals surface area contributed by atoms with Crippen LogP contribution in [0, 0.1) is 0 Å². The summed E-state index contributed by atoms with van der Waals surface area (Å²) in [5.74, 6) is -0.254. The van der Waals surface area contributed by atoms with Crippen LogP contribution in [0.15, 0.2) is 48.5 Å². The van der Waals surface area contributed by atoms with Crippen LogP contribution in [-0.4, -0.2) is 25.9 Å². The van der Waals surface area contributed by atoms with Gasteiger partial charge in [0.05, 0.1) is 11.4 Å². The van der Waals surface area contributed by atoms with E-state index in [0.29, 0.717) is 11.3 Å². The third kappa shape index (κ3) is 3.44. The third-order valence-electron chi connectivity index (χ3n) is 3.29. The number of hydrogen-bond acceptors (Lipinski definition) is 3. The Balaban J connectivity index is 2.21. The summed E-state index contributed by atoms with van der Waals surface area (Å²) in [7, 11) is 3.56. The summed E-state index contributed by atoms with van der Waals surface area (Å²) in [5.41, 5.74) is 2.92. The molecule has 2 rings (SSSR count). The van der Waals surface area contributed by atoms with E-state index >= 15 is 0 Å². The Hall–Kier alpha value is -2.82. The molecule has 114 valence electrons. The first kappa shape index (κ1) is 15.6. The number of nitrogens with one attached hydrogen (secondary N) is 2. The molecule has 2 amide bonds. The lowest BCUT2D eigenvalue weighted by Crippen LogP contribution is -2.26. The minimum atomic E-state index is -0.140. The Kier molecular flexibility index (Phi) is 4.78. The van der Waals surface area contributed by atoms with E-state index in [1.54, 1.807) is 36.2 Å². The molecule has 2 N–H and O–H groups in total. The van der Waals surface area contributed by atoms with Crippen molar-refractivity contribution in [1.82, 2.24) is 0 Å². The first-order valence-electron chi connectivity index (χ1n) is 6.95. The van der Waals surface area contributed by atoms with Crippen molar-refractivity contribution in [1.29, 1.82) is 0 Å². The van der Waals surface area contributed by atoms with Gasteiger partial charge in [-0.15, -0.1) is 0 Å². The lowest BCUT2D eigenvalue weighted by atomic mass is 10.1. The van der Waals surface area contributed by atoms with E-state index in [4.69, 9.17) is 0 Å². The Morgan fingerprint density at radius 2 is 1.64 bits per heavy atom. The van der Waals surface area contributed by atoms with E-state index in [1.807, 2.05) is 31.3 Å². The number of para-hydroxylation sites is 2. The second-order valence-corrected chi connectivity index (χ2v) is 4.89. The van der Waals surface area contributed by atoms with Crippen LogP contribution in [0.1, 0.15) is 17.3 Å². The number of nitrogens with zero attached hydrogens (tertiary/aromatic N) is 1. The molecule has 0 aliphatic rings. The molecule has 0 bridgehead atoms. The molecule has 0 saturated carbocycles. The van der Waals surface area contributed by atoms with Crippen LogP contribution >= 0.6 is 0 Å². The molecule has 5 nitrogen and oxygen atoms in total. The fourth-order valence-electron chi connectivity index (χ4n) is 2.18. The van der Waals surface area contributed by atoms with Crippen LogP contribution in [0.4, 0.5) is 17.1 Å². The van der Waals surface area contributed by atoms with E-state index in [2.05, 4.69) is 10.6 Å². The number of benzene rings is 2. The molecular formula is C17H19N3O2. The van der Waals surface area contributed by atoms with Crippen LogP contribution in [0.5, 0.6) is 0 Å². The van der Waals surface area contributed by atoms with Crippen molar-refractivity contribution in [3.63, 3.8) is 0 Å². The summed E-state index contributed by atoms with van der Waals surface area (Å²) in [4.78, 5) is 25.2. The molecule has 0 saturated heterocycles. The highest BCUT2D eigenvalue weighted by Crippen LogP contribution is 2.25. The third-order valence-corrected chi connectivity index (χ3v) is 3.29. The van der Waals surface area contributed by atoms with Crippen molar-refractivity contribution in [3.05, 3.63) is 54.1 Å². The molecule has 5 heteroatoms. The van der Waals surface area contributed by atoms with E-state index in [0.717, 1.165) is 11.4 Å². The van der Waals surface area contributed by atoms with E-state index in [-0.39, 0.29) is 11.8 Å². The van der Waals surface area contributed by atoms with Gasteiger partial charge >= 0.3 is 0 Å². The maximum absolute atomic E-state index is 12.6. The van der Waals surface area contributed by atoms with Gasteiger partial charge in [0.25, 0.3) is 5.91 Å². The van der Waals surface area contributed by atoms with Gasteiger partial charge in [0.15, 0.2) is 0 Å². The molecule has 0 heterocycles. The van der Waals surface area contributed by atoms with Gasteiger partial charge in [0.1, 0.15) is 0 Å². The predicted octanol–water partition coefficient (Wildman–Crippen LogP) is 2.96. The van der Waals surface area contributed by atoms with Gasteiger partial charge in [-0.25, -0.2) is 0 Å². The van der Waals surface area contributed by atoms with Crippen molar-refractivity contribution in [2.45, 2.75) is 6.92 Å². The highest BCUT2D eigenvalue weighted by atomic mass is 16.2. The van der Waals surface area contributed by atoms with Crippen LogP contribution in [0.2, 0.25) is 0 Å². The summed E-state index contributed by atoms with van der Waals surface area (Å²) >= 11 is 0. The monoisotopic (exact) mass is 297 g/mol. The summed E-state index contributed by atoms with van der Waals surface area (Å²) < 4.78 is 0. The van der Waals surface area contributed by atoms with Gasteiger partial charge in [0.2, 0.25) is 5.91 Å². The second-order valence-electron chi connectivity index (χ2n) is 4.89. The first-order valence-corrected chi connectivity index (χ1v) is 6.95. The predicted molar refractivity (Wildman–Crippen MR) is 89.5 cm³/mol. The fraction of sp³-hybridized carbons (Fsp3) is 0.176. The van der Waals surface area contributed by atoms with Crippen molar-refractivity contribution in [3.8, 4) is 0 Å². The maximum Gasteiger partial charge on any atom is 0.258 e. The number of amides is 2. The summed E-state index contributed by atoms with van der Waals surface area (Å²) in [6.07, 6.45) is 0. The van der Waals surface area contributed by atoms with Gasteiger partial charge in [0, 0.05) is 32.3 Å². The highest BCUT2D eigenvalue weighted by molar-refractivity contribution is 6.07. The zero-order chi connectivity index (χ0) is 16.1. The molecule has 2 aromatic carbocycles. The Morgan fingerprint density at radius 3 is 2.23 bits per heavy atom. The highest BCUT2D eigenvalue weighted by Gasteiger charge is 2.15. The number of carbonyl (C=O) groups is 2. The Morgan fingerprint density at radius 1 is 1.00 bits per heavy atom. The summed E-state index contributed by atoms with van der Waals surface area (Å²) in [6, 6.07) is 14.4. The van der Waals surface area contributed by atoms with Gasteiger partial charge in [-0.1, -0.05) is 12.1 Å². The zero-order valence-corrected chi connectivity index (χ0v) is 12.9. The number of rotatable bonds is 4. The van der Waals surface area contributed by atoms with Gasteiger partial charge in [-0.3, -0.25) is 9.59 Å². The van der Waals surface area contributed by atoms with E-state index < -0.39 is 0 Å². The molecule has 2 aromatic rings. The minimum Gasteiger partial charge on any atom is -0.386 e. The number of hydrogen-bond donors (Lipinski definition) is 2. The van der Waals surface area contributed by atoms with Crippen molar-refractivity contribution in [2.75, 3.05) is 29.6 Å². The van der Waals surface area contributed by atoms with Gasteiger partial charge in [-0.05, 0) is 36.4 Å². The lowest BCUT2D eigenvalue weighted by Gasteiger charge is -2.20. The standard InChI is InChI=1S/C17H19N3O2/c1-12(21)19-14-10-8-13(9-11-14)17(22)20(3)16-7-5-4-6-15(16)18-2/h4-11,18H,1-3H3,(H,19,21). The lowest BCUT2D eigenvalue weighted by molar-refractivity contribution is -0.114. The van der Waals surface area contributed by atoms with Crippen molar-refractivity contribution in [2.24, 2.45) is 0 Å². The molecule has 0 spiro atoms. The normalized spacial score (nSPS) is 9.95. The summed E-state index contributed by atoms with van der Waals surface area (Å²) in [6.45, 7) is 1.45. The zero-order valence-electron chi connectivity index (χ0n) is 12.9. The molecule has 22 heavy (non-hydrogen) atoms. The molecule has 0 radical (unpaired) electrons. The number of anilines is 3. The average molecular weight is 297 g/mol. The largest absolute Gasteiger partial charge is 0.386 e. The smallest absolute Gasteiger partial charge is 0.258 e. The minimum absolute atomic E-state index is 0.114. The molecule has 0 aliphatic carbocycles. The van der Waals surface area contributed by atoms with Gasteiger partial charge in [-0.2, -0.15) is 0 Å². The fourth-order valence-corrected chi connectivity index (χ4v) is 2.18. The van der Waals surface area contributed by atoms with Crippen LogP contribution in [-0.2, 0) is 4.79 Å². The molecule has 0 atom stereocenters. The quantitative estimate of drug-likeness (QED) is 0.912. The topological polar surface area (TPSA) is 61.4 Å². The number of carbonyl (C=O) groups excluding carboxylic acids is 2. The molecular weight excluding hydrogens is 278 g/mol. The molecule has 0 aliphatic heterocycles. The maximum atomic E-state index is 12.6. The second kappa shape index (κ2) is 6.76. The van der Waals surface area contributed by atoms with Crippen molar-refractivity contribution >= 4 is 28.9 Å². The van der Waals surface area contributed by atoms with Gasteiger partial charge < -0.3 is 15.5 Å². The Labute approximate surface area is 129 Å². The van der Waals surface area contributed by atoms with Crippen LogP contribution in [0.3, 0.4) is 0 Å². The summed E-state index contributed by atoms with van der Waals surface area (Å²) in [5, 5.41) is 5.75. The molecule has 0 fully saturated rings. The van der Waals surface area contributed by atoms with E-state index in [1.165, 1.54) is 6.92 Å². The molecule has 0 unspecified atom stereocenters. The molecule has 0 aromatic heterocycles.